The third-order valence-corrected chi connectivity index (χ3v) is 4.47. The fourth-order valence-electron chi connectivity index (χ4n) is 2.77. The number of carbonyl (C=O) groups is 1. The first-order valence-electron chi connectivity index (χ1n) is 8.66. The van der Waals surface area contributed by atoms with E-state index in [0.29, 0.717) is 39.4 Å². The van der Waals surface area contributed by atoms with Crippen LogP contribution in [0.15, 0.2) is 53.3 Å². The molecule has 1 N–H and O–H groups in total. The Bertz CT molecular complexity index is 1160. The van der Waals surface area contributed by atoms with Crippen molar-refractivity contribution in [3.05, 3.63) is 80.9 Å². The molecule has 3 rings (SSSR count). The molecular weight excluding hydrogens is 376 g/mol. The van der Waals surface area contributed by atoms with Crippen molar-refractivity contribution in [2.24, 2.45) is 0 Å². The molecule has 7 heteroatoms. The molecule has 0 atom stereocenters. The second kappa shape index (κ2) is 8.51. The summed E-state index contributed by atoms with van der Waals surface area (Å²) in [6.45, 7) is 2.42. The molecule has 0 radical (unpaired) electrons. The normalized spacial score (nSPS) is 10.9. The number of nitriles is 1. The Morgan fingerprint density at radius 1 is 1.32 bits per heavy atom. The molecule has 3 aromatic rings. The summed E-state index contributed by atoms with van der Waals surface area (Å²) >= 11 is 5.98. The third kappa shape index (κ3) is 4.27. The van der Waals surface area contributed by atoms with Crippen LogP contribution in [0.2, 0.25) is 5.02 Å². The molecule has 0 spiro atoms. The first-order chi connectivity index (χ1) is 13.5. The highest BCUT2D eigenvalue weighted by Crippen LogP contribution is 2.15. The minimum absolute atomic E-state index is 0.150. The van der Waals surface area contributed by atoms with Crippen LogP contribution in [-0.4, -0.2) is 27.3 Å². The molecule has 0 aliphatic carbocycles. The van der Waals surface area contributed by atoms with Gasteiger partial charge in [-0.25, -0.2) is 4.98 Å². The predicted octanol–water partition coefficient (Wildman–Crippen LogP) is 3.51. The van der Waals surface area contributed by atoms with Crippen LogP contribution in [0.25, 0.3) is 17.0 Å². The third-order valence-electron chi connectivity index (χ3n) is 4.24. The van der Waals surface area contributed by atoms with E-state index in [1.165, 1.54) is 6.08 Å². The summed E-state index contributed by atoms with van der Waals surface area (Å²) in [4.78, 5) is 33.5. The summed E-state index contributed by atoms with van der Waals surface area (Å²) in [5.41, 5.74) is 1.36. The van der Waals surface area contributed by atoms with E-state index in [0.717, 1.165) is 0 Å². The number of aromatic nitrogens is 2. The number of amides is 1. The standard InChI is InChI=1S/C21H17ClN4O2/c1-2-26(20(27)10-7-14-5-3-4-6-15(14)12-23)13-19-24-18-11-16(22)8-9-17(18)21(28)25-19/h3-11H,2,13H2,1H3,(H,24,25,28)/b10-7+. The number of hydrogen-bond donors (Lipinski definition) is 1. The Morgan fingerprint density at radius 2 is 2.11 bits per heavy atom. The molecular formula is C21H17ClN4O2. The lowest BCUT2D eigenvalue weighted by molar-refractivity contribution is -0.126. The van der Waals surface area contributed by atoms with Crippen molar-refractivity contribution in [2.75, 3.05) is 6.54 Å². The van der Waals surface area contributed by atoms with Crippen molar-refractivity contribution < 1.29 is 4.79 Å². The molecule has 0 aliphatic rings. The van der Waals surface area contributed by atoms with E-state index in [-0.39, 0.29) is 18.0 Å². The van der Waals surface area contributed by atoms with E-state index >= 15 is 0 Å². The first-order valence-corrected chi connectivity index (χ1v) is 9.04. The number of aromatic amines is 1. The van der Waals surface area contributed by atoms with Gasteiger partial charge in [0, 0.05) is 17.6 Å². The van der Waals surface area contributed by atoms with Gasteiger partial charge >= 0.3 is 0 Å². The predicted molar refractivity (Wildman–Crippen MR) is 109 cm³/mol. The maximum Gasteiger partial charge on any atom is 0.258 e. The Morgan fingerprint density at radius 3 is 2.86 bits per heavy atom. The summed E-state index contributed by atoms with van der Waals surface area (Å²) in [6, 6.07) is 14.0. The van der Waals surface area contributed by atoms with Gasteiger partial charge in [0.2, 0.25) is 5.91 Å². The van der Waals surface area contributed by atoms with Gasteiger partial charge in [-0.3, -0.25) is 9.59 Å². The van der Waals surface area contributed by atoms with Gasteiger partial charge in [0.1, 0.15) is 5.82 Å². The van der Waals surface area contributed by atoms with Gasteiger partial charge in [0.25, 0.3) is 5.56 Å². The highest BCUT2D eigenvalue weighted by molar-refractivity contribution is 6.31. The van der Waals surface area contributed by atoms with E-state index in [1.807, 2.05) is 6.92 Å². The zero-order valence-electron chi connectivity index (χ0n) is 15.1. The average Bonchev–Trinajstić information content (AvgIpc) is 2.70. The van der Waals surface area contributed by atoms with Crippen molar-refractivity contribution in [1.82, 2.24) is 14.9 Å². The summed E-state index contributed by atoms with van der Waals surface area (Å²) in [6.07, 6.45) is 3.02. The van der Waals surface area contributed by atoms with Gasteiger partial charge < -0.3 is 9.88 Å². The molecule has 0 saturated carbocycles. The highest BCUT2D eigenvalue weighted by atomic mass is 35.5. The zero-order chi connectivity index (χ0) is 20.1. The van der Waals surface area contributed by atoms with Crippen LogP contribution < -0.4 is 5.56 Å². The number of carbonyl (C=O) groups excluding carboxylic acids is 1. The van der Waals surface area contributed by atoms with E-state index in [4.69, 9.17) is 16.9 Å². The molecule has 1 heterocycles. The number of benzene rings is 2. The van der Waals surface area contributed by atoms with Crippen molar-refractivity contribution in [3.63, 3.8) is 0 Å². The number of rotatable bonds is 5. The number of halogens is 1. The Balaban J connectivity index is 1.83. The van der Waals surface area contributed by atoms with Crippen molar-refractivity contribution >= 4 is 34.5 Å². The summed E-state index contributed by atoms with van der Waals surface area (Å²) in [5, 5.41) is 10.1. The minimum Gasteiger partial charge on any atom is -0.332 e. The number of fused-ring (bicyclic) bond motifs is 1. The lowest BCUT2D eigenvalue weighted by atomic mass is 10.1. The van der Waals surface area contributed by atoms with Crippen LogP contribution in [-0.2, 0) is 11.3 Å². The summed E-state index contributed by atoms with van der Waals surface area (Å²) in [7, 11) is 0. The van der Waals surface area contributed by atoms with Crippen LogP contribution in [0.3, 0.4) is 0 Å². The van der Waals surface area contributed by atoms with Gasteiger partial charge in [-0.2, -0.15) is 5.26 Å². The molecule has 28 heavy (non-hydrogen) atoms. The fraction of sp³-hybridized carbons (Fsp3) is 0.143. The van der Waals surface area contributed by atoms with E-state index < -0.39 is 0 Å². The maximum absolute atomic E-state index is 12.6. The molecule has 0 aliphatic heterocycles. The number of hydrogen-bond acceptors (Lipinski definition) is 4. The van der Waals surface area contributed by atoms with Crippen molar-refractivity contribution in [2.45, 2.75) is 13.5 Å². The van der Waals surface area contributed by atoms with E-state index in [9.17, 15) is 9.59 Å². The van der Waals surface area contributed by atoms with Gasteiger partial charge in [-0.1, -0.05) is 29.8 Å². The lowest BCUT2D eigenvalue weighted by Gasteiger charge is -2.18. The highest BCUT2D eigenvalue weighted by Gasteiger charge is 2.12. The number of likely N-dealkylation sites (N-methyl/N-ethyl adjacent to an activating group) is 1. The molecule has 0 unspecified atom stereocenters. The Labute approximate surface area is 166 Å². The minimum atomic E-state index is -0.279. The van der Waals surface area contributed by atoms with Gasteiger partial charge in [-0.15, -0.1) is 0 Å². The average molecular weight is 393 g/mol. The molecule has 2 aromatic carbocycles. The summed E-state index contributed by atoms with van der Waals surface area (Å²) in [5.74, 6) is 0.130. The SMILES string of the molecule is CCN(Cc1nc2cc(Cl)ccc2c(=O)[nH]1)C(=O)/C=C/c1ccccc1C#N. The second-order valence-electron chi connectivity index (χ2n) is 6.06. The molecule has 1 aromatic heterocycles. The van der Waals surface area contributed by atoms with Gasteiger partial charge in [0.15, 0.2) is 0 Å². The van der Waals surface area contributed by atoms with Crippen molar-refractivity contribution in [1.29, 1.82) is 5.26 Å². The molecule has 0 bridgehead atoms. The van der Waals surface area contributed by atoms with Crippen LogP contribution >= 0.6 is 11.6 Å². The maximum atomic E-state index is 12.6. The van der Waals surface area contributed by atoms with Gasteiger partial charge in [-0.05, 0) is 42.8 Å². The van der Waals surface area contributed by atoms with Crippen molar-refractivity contribution in [3.8, 4) is 6.07 Å². The molecule has 1 amide bonds. The van der Waals surface area contributed by atoms with E-state index in [2.05, 4.69) is 16.0 Å². The molecule has 0 saturated heterocycles. The Kier molecular flexibility index (Phi) is 5.87. The van der Waals surface area contributed by atoms with Crippen LogP contribution in [0.5, 0.6) is 0 Å². The zero-order valence-corrected chi connectivity index (χ0v) is 15.9. The quantitative estimate of drug-likeness (QED) is 0.673. The molecule has 0 fully saturated rings. The lowest BCUT2D eigenvalue weighted by Crippen LogP contribution is -2.30. The molecule has 6 nitrogen and oxygen atoms in total. The Hall–Kier alpha value is -3.43. The second-order valence-corrected chi connectivity index (χ2v) is 6.50. The number of nitrogens with zero attached hydrogens (tertiary/aromatic N) is 3. The van der Waals surface area contributed by atoms with E-state index in [1.54, 1.807) is 53.4 Å². The fourth-order valence-corrected chi connectivity index (χ4v) is 2.94. The first kappa shape index (κ1) is 19.3. The monoisotopic (exact) mass is 392 g/mol. The van der Waals surface area contributed by atoms with Crippen LogP contribution in [0.1, 0.15) is 23.9 Å². The van der Waals surface area contributed by atoms with Gasteiger partial charge in [0.05, 0.1) is 29.1 Å². The number of nitrogens with one attached hydrogen (secondary N) is 1. The topological polar surface area (TPSA) is 89.8 Å². The van der Waals surface area contributed by atoms with Crippen LogP contribution in [0.4, 0.5) is 0 Å². The largest absolute Gasteiger partial charge is 0.332 e. The summed E-state index contributed by atoms with van der Waals surface area (Å²) < 4.78 is 0. The number of H-pyrrole nitrogens is 1. The molecule has 140 valence electrons. The smallest absolute Gasteiger partial charge is 0.258 e. The van der Waals surface area contributed by atoms with Crippen LogP contribution in [0, 0.1) is 11.3 Å².